The summed E-state index contributed by atoms with van der Waals surface area (Å²) in [6.07, 6.45) is 6.30. The summed E-state index contributed by atoms with van der Waals surface area (Å²) < 4.78 is 13.1. The molecular weight excluding hydrogens is 459 g/mol. The highest BCUT2D eigenvalue weighted by atomic mass is 19.1. The number of hydrogen-bond acceptors (Lipinski definition) is 4. The summed E-state index contributed by atoms with van der Waals surface area (Å²) in [6, 6.07) is 12.9. The zero-order valence-electron chi connectivity index (χ0n) is 20.3. The van der Waals surface area contributed by atoms with Gasteiger partial charge in [-0.3, -0.25) is 24.4 Å². The Hall–Kier alpha value is -3.81. The van der Waals surface area contributed by atoms with Gasteiger partial charge in [-0.05, 0) is 74.2 Å². The lowest BCUT2D eigenvalue weighted by molar-refractivity contribution is 0.0548. The van der Waals surface area contributed by atoms with Gasteiger partial charge in [-0.1, -0.05) is 19.3 Å². The number of rotatable bonds is 7. The second kappa shape index (κ2) is 10.0. The number of H-pyrrole nitrogens is 1. The highest BCUT2D eigenvalue weighted by Crippen LogP contribution is 2.31. The van der Waals surface area contributed by atoms with Crippen LogP contribution in [-0.2, 0) is 6.42 Å². The Labute approximate surface area is 209 Å². The number of imide groups is 1. The van der Waals surface area contributed by atoms with Crippen LogP contribution in [0.25, 0.3) is 11.3 Å². The molecule has 7 nitrogen and oxygen atoms in total. The largest absolute Gasteiger partial charge is 0.342 e. The first kappa shape index (κ1) is 23.9. The molecule has 3 amide bonds. The molecule has 0 saturated heterocycles. The molecular formula is C28H29FN4O3. The molecule has 1 N–H and O–H groups in total. The lowest BCUT2D eigenvalue weighted by Gasteiger charge is -2.29. The van der Waals surface area contributed by atoms with Gasteiger partial charge in [0.05, 0.1) is 16.8 Å². The van der Waals surface area contributed by atoms with Gasteiger partial charge in [-0.2, -0.15) is 5.10 Å². The average Bonchev–Trinajstić information content (AvgIpc) is 3.46. The number of hydrogen-bond donors (Lipinski definition) is 1. The maximum Gasteiger partial charge on any atom is 0.261 e. The number of aromatic amines is 1. The van der Waals surface area contributed by atoms with Crippen LogP contribution >= 0.6 is 0 Å². The van der Waals surface area contributed by atoms with Crippen molar-refractivity contribution in [3.63, 3.8) is 0 Å². The minimum atomic E-state index is -0.289. The molecule has 0 bridgehead atoms. The molecule has 1 aliphatic heterocycles. The van der Waals surface area contributed by atoms with Crippen LogP contribution in [0.2, 0.25) is 0 Å². The van der Waals surface area contributed by atoms with Gasteiger partial charge in [0.25, 0.3) is 17.7 Å². The Morgan fingerprint density at radius 3 is 2.50 bits per heavy atom. The molecule has 1 fully saturated rings. The van der Waals surface area contributed by atoms with E-state index in [0.29, 0.717) is 36.1 Å². The minimum absolute atomic E-state index is 0.0426. The molecule has 0 radical (unpaired) electrons. The molecule has 3 aromatic rings. The minimum Gasteiger partial charge on any atom is -0.342 e. The van der Waals surface area contributed by atoms with Crippen molar-refractivity contribution in [2.45, 2.75) is 51.0 Å². The molecule has 5 rings (SSSR count). The van der Waals surface area contributed by atoms with Gasteiger partial charge in [0, 0.05) is 36.5 Å². The van der Waals surface area contributed by atoms with Crippen LogP contribution < -0.4 is 0 Å². The maximum absolute atomic E-state index is 13.1. The second-order valence-electron chi connectivity index (χ2n) is 9.65. The Morgan fingerprint density at radius 2 is 1.75 bits per heavy atom. The molecule has 2 aromatic carbocycles. The molecule has 2 aliphatic rings. The summed E-state index contributed by atoms with van der Waals surface area (Å²) in [5.74, 6) is -1.00. The normalized spacial score (nSPS) is 15.9. The quantitative estimate of drug-likeness (QED) is 0.482. The fourth-order valence-corrected chi connectivity index (χ4v) is 5.15. The van der Waals surface area contributed by atoms with Gasteiger partial charge in [0.15, 0.2) is 0 Å². The van der Waals surface area contributed by atoms with E-state index in [4.69, 9.17) is 0 Å². The van der Waals surface area contributed by atoms with Crippen molar-refractivity contribution in [2.75, 3.05) is 13.6 Å². The number of nitrogens with one attached hydrogen (secondary N) is 1. The standard InChI is InChI=1S/C28H29FN4O3/c1-32(15-5-6-21-17-25(31-30-21)18-9-12-20(29)13-10-18)26(34)19-11-14-23-24(16-19)28(36)33(27(23)35)22-7-3-2-4-8-22/h9-14,16-17,22H,2-8,15H2,1H3,(H,30,31). The molecule has 1 saturated carbocycles. The summed E-state index contributed by atoms with van der Waals surface area (Å²) in [5, 5.41) is 7.29. The van der Waals surface area contributed by atoms with E-state index in [1.807, 2.05) is 6.07 Å². The number of halogens is 1. The molecule has 8 heteroatoms. The summed E-state index contributed by atoms with van der Waals surface area (Å²) in [5.41, 5.74) is 3.63. The molecule has 0 atom stereocenters. The number of aryl methyl sites for hydroxylation is 1. The van der Waals surface area contributed by atoms with E-state index in [2.05, 4.69) is 10.2 Å². The fraction of sp³-hybridized carbons (Fsp3) is 0.357. The van der Waals surface area contributed by atoms with Crippen LogP contribution in [0.15, 0.2) is 48.5 Å². The van der Waals surface area contributed by atoms with E-state index in [1.54, 1.807) is 42.3 Å². The third-order valence-corrected chi connectivity index (χ3v) is 7.16. The summed E-state index contributed by atoms with van der Waals surface area (Å²) >= 11 is 0. The Kier molecular flexibility index (Phi) is 6.67. The monoisotopic (exact) mass is 488 g/mol. The van der Waals surface area contributed by atoms with Gasteiger partial charge in [-0.25, -0.2) is 4.39 Å². The Morgan fingerprint density at radius 1 is 1.03 bits per heavy atom. The number of carbonyl (C=O) groups excluding carboxylic acids is 3. The van der Waals surface area contributed by atoms with E-state index in [0.717, 1.165) is 49.1 Å². The molecule has 1 aliphatic carbocycles. The van der Waals surface area contributed by atoms with Gasteiger partial charge in [0.2, 0.25) is 0 Å². The van der Waals surface area contributed by atoms with Gasteiger partial charge >= 0.3 is 0 Å². The summed E-state index contributed by atoms with van der Waals surface area (Å²) in [6.45, 7) is 0.516. The smallest absolute Gasteiger partial charge is 0.261 e. The first-order valence-corrected chi connectivity index (χ1v) is 12.5. The number of aromatic nitrogens is 2. The van der Waals surface area contributed by atoms with Crippen molar-refractivity contribution in [1.29, 1.82) is 0 Å². The van der Waals surface area contributed by atoms with E-state index >= 15 is 0 Å². The number of fused-ring (bicyclic) bond motifs is 1. The van der Waals surface area contributed by atoms with E-state index < -0.39 is 0 Å². The highest BCUT2D eigenvalue weighted by molar-refractivity contribution is 6.22. The molecule has 36 heavy (non-hydrogen) atoms. The maximum atomic E-state index is 13.1. The topological polar surface area (TPSA) is 86.4 Å². The number of carbonyl (C=O) groups is 3. The lowest BCUT2D eigenvalue weighted by atomic mass is 9.94. The van der Waals surface area contributed by atoms with Crippen molar-refractivity contribution in [1.82, 2.24) is 20.0 Å². The van der Waals surface area contributed by atoms with Crippen LogP contribution in [0.5, 0.6) is 0 Å². The second-order valence-corrected chi connectivity index (χ2v) is 9.65. The van der Waals surface area contributed by atoms with Gasteiger partial charge < -0.3 is 4.90 Å². The third kappa shape index (κ3) is 4.67. The van der Waals surface area contributed by atoms with Crippen molar-refractivity contribution in [2.24, 2.45) is 0 Å². The third-order valence-electron chi connectivity index (χ3n) is 7.16. The SMILES string of the molecule is CN(CCCc1cc(-c2ccc(F)cc2)n[nH]1)C(=O)c1ccc2c(c1)C(=O)N(C1CCCCC1)C2=O. The zero-order chi connectivity index (χ0) is 25.2. The molecule has 0 spiro atoms. The first-order chi connectivity index (χ1) is 17.4. The van der Waals surface area contributed by atoms with E-state index in [9.17, 15) is 18.8 Å². The molecule has 186 valence electrons. The number of benzene rings is 2. The van der Waals surface area contributed by atoms with E-state index in [1.165, 1.54) is 17.0 Å². The Bertz CT molecular complexity index is 1290. The van der Waals surface area contributed by atoms with Gasteiger partial charge in [-0.15, -0.1) is 0 Å². The van der Waals surface area contributed by atoms with Crippen molar-refractivity contribution in [3.8, 4) is 11.3 Å². The van der Waals surface area contributed by atoms with Crippen LogP contribution in [0.3, 0.4) is 0 Å². The van der Waals surface area contributed by atoms with Crippen molar-refractivity contribution >= 4 is 17.7 Å². The Balaban J connectivity index is 1.19. The van der Waals surface area contributed by atoms with Crippen molar-refractivity contribution in [3.05, 3.63) is 76.7 Å². The van der Waals surface area contributed by atoms with Crippen LogP contribution in [-0.4, -0.2) is 57.4 Å². The van der Waals surface area contributed by atoms with Crippen LogP contribution in [0, 0.1) is 5.82 Å². The average molecular weight is 489 g/mol. The lowest BCUT2D eigenvalue weighted by Crippen LogP contribution is -2.40. The fourth-order valence-electron chi connectivity index (χ4n) is 5.15. The summed E-state index contributed by atoms with van der Waals surface area (Å²) in [4.78, 5) is 42.0. The predicted molar refractivity (Wildman–Crippen MR) is 133 cm³/mol. The highest BCUT2D eigenvalue weighted by Gasteiger charge is 2.40. The summed E-state index contributed by atoms with van der Waals surface area (Å²) in [7, 11) is 1.73. The van der Waals surface area contributed by atoms with Crippen molar-refractivity contribution < 1.29 is 18.8 Å². The number of amides is 3. The van der Waals surface area contributed by atoms with Gasteiger partial charge in [0.1, 0.15) is 5.82 Å². The first-order valence-electron chi connectivity index (χ1n) is 12.5. The van der Waals surface area contributed by atoms with Crippen LogP contribution in [0.4, 0.5) is 4.39 Å². The van der Waals surface area contributed by atoms with Crippen LogP contribution in [0.1, 0.15) is 75.3 Å². The zero-order valence-corrected chi connectivity index (χ0v) is 20.3. The predicted octanol–water partition coefficient (Wildman–Crippen LogP) is 4.85. The molecule has 0 unspecified atom stereocenters. The molecule has 1 aromatic heterocycles. The molecule has 2 heterocycles. The van der Waals surface area contributed by atoms with E-state index in [-0.39, 0.29) is 29.6 Å². The number of nitrogens with zero attached hydrogens (tertiary/aromatic N) is 3.